The van der Waals surface area contributed by atoms with Gasteiger partial charge in [0.1, 0.15) is 5.60 Å². The van der Waals surface area contributed by atoms with E-state index < -0.39 is 11.6 Å². The zero-order valence-corrected chi connectivity index (χ0v) is 9.90. The molecule has 4 nitrogen and oxygen atoms in total. The van der Waals surface area contributed by atoms with Crippen molar-refractivity contribution in [3.05, 3.63) is 23.8 Å². The summed E-state index contributed by atoms with van der Waals surface area (Å²) in [5.41, 5.74) is -0.188. The summed E-state index contributed by atoms with van der Waals surface area (Å²) in [4.78, 5) is 11.7. The number of hydrogen-bond donors (Lipinski definition) is 1. The van der Waals surface area contributed by atoms with Gasteiger partial charge in [-0.05, 0) is 39.0 Å². The van der Waals surface area contributed by atoms with Crippen LogP contribution in [0.4, 0.5) is 0 Å². The molecule has 0 spiro atoms. The van der Waals surface area contributed by atoms with Crippen molar-refractivity contribution in [2.45, 2.75) is 26.4 Å². The Hall–Kier alpha value is -1.71. The first-order chi connectivity index (χ1) is 7.33. The van der Waals surface area contributed by atoms with Crippen molar-refractivity contribution in [2.24, 2.45) is 0 Å². The van der Waals surface area contributed by atoms with E-state index in [-0.39, 0.29) is 11.5 Å². The topological polar surface area (TPSA) is 55.8 Å². The standard InChI is InChI=1S/C12H16O4/c1-12(2,3)16-11(14)8-5-6-9(13)10(7-8)15-4/h5-7,13H,1-4H3. The molecule has 0 unspecified atom stereocenters. The summed E-state index contributed by atoms with van der Waals surface area (Å²) in [6, 6.07) is 4.34. The molecule has 0 aliphatic heterocycles. The Morgan fingerprint density at radius 2 is 1.94 bits per heavy atom. The molecule has 88 valence electrons. The summed E-state index contributed by atoms with van der Waals surface area (Å²) >= 11 is 0. The first-order valence-electron chi connectivity index (χ1n) is 4.94. The van der Waals surface area contributed by atoms with Crippen molar-refractivity contribution in [1.82, 2.24) is 0 Å². The highest BCUT2D eigenvalue weighted by Gasteiger charge is 2.18. The second kappa shape index (κ2) is 4.43. The smallest absolute Gasteiger partial charge is 0.338 e. The minimum Gasteiger partial charge on any atom is -0.504 e. The molecular formula is C12H16O4. The molecule has 0 saturated heterocycles. The molecular weight excluding hydrogens is 208 g/mol. The minimum atomic E-state index is -0.539. The predicted molar refractivity (Wildman–Crippen MR) is 59.8 cm³/mol. The van der Waals surface area contributed by atoms with Crippen LogP contribution in [-0.4, -0.2) is 23.8 Å². The van der Waals surface area contributed by atoms with E-state index in [0.29, 0.717) is 5.56 Å². The molecule has 0 aliphatic carbocycles. The van der Waals surface area contributed by atoms with Gasteiger partial charge in [0.05, 0.1) is 12.7 Å². The third-order valence-corrected chi connectivity index (χ3v) is 1.81. The van der Waals surface area contributed by atoms with Gasteiger partial charge >= 0.3 is 5.97 Å². The maximum atomic E-state index is 11.7. The van der Waals surface area contributed by atoms with Gasteiger partial charge < -0.3 is 14.6 Å². The van der Waals surface area contributed by atoms with Crippen LogP contribution in [0.1, 0.15) is 31.1 Å². The number of methoxy groups -OCH3 is 1. The number of benzene rings is 1. The average Bonchev–Trinajstić information content (AvgIpc) is 2.15. The van der Waals surface area contributed by atoms with E-state index in [1.807, 2.05) is 0 Å². The molecule has 1 rings (SSSR count). The summed E-state index contributed by atoms with van der Waals surface area (Å²) in [5, 5.41) is 9.37. The molecule has 0 atom stereocenters. The summed E-state index contributed by atoms with van der Waals surface area (Å²) in [5.74, 6) is -0.191. The minimum absolute atomic E-state index is 0.00481. The first-order valence-corrected chi connectivity index (χ1v) is 4.94. The normalized spacial score (nSPS) is 11.0. The van der Waals surface area contributed by atoms with E-state index in [1.54, 1.807) is 20.8 Å². The van der Waals surface area contributed by atoms with E-state index in [0.717, 1.165) is 0 Å². The van der Waals surface area contributed by atoms with Gasteiger partial charge in [-0.2, -0.15) is 0 Å². The molecule has 1 aromatic rings. The first kappa shape index (κ1) is 12.4. The van der Waals surface area contributed by atoms with Crippen LogP contribution < -0.4 is 4.74 Å². The van der Waals surface area contributed by atoms with Gasteiger partial charge in [0, 0.05) is 0 Å². The van der Waals surface area contributed by atoms with Crippen molar-refractivity contribution in [3.8, 4) is 11.5 Å². The number of esters is 1. The summed E-state index contributed by atoms with van der Waals surface area (Å²) in [6.45, 7) is 5.38. The lowest BCUT2D eigenvalue weighted by Crippen LogP contribution is -2.23. The van der Waals surface area contributed by atoms with Crippen molar-refractivity contribution >= 4 is 5.97 Å². The third-order valence-electron chi connectivity index (χ3n) is 1.81. The largest absolute Gasteiger partial charge is 0.504 e. The van der Waals surface area contributed by atoms with E-state index in [2.05, 4.69) is 0 Å². The molecule has 0 fully saturated rings. The van der Waals surface area contributed by atoms with Crippen molar-refractivity contribution < 1.29 is 19.4 Å². The average molecular weight is 224 g/mol. The van der Waals surface area contributed by atoms with Crippen molar-refractivity contribution in [2.75, 3.05) is 7.11 Å². The highest BCUT2D eigenvalue weighted by Crippen LogP contribution is 2.27. The Balaban J connectivity index is 2.93. The molecule has 16 heavy (non-hydrogen) atoms. The SMILES string of the molecule is COc1cc(C(=O)OC(C)(C)C)ccc1O. The number of ether oxygens (including phenoxy) is 2. The maximum Gasteiger partial charge on any atom is 0.338 e. The fourth-order valence-corrected chi connectivity index (χ4v) is 1.14. The summed E-state index contributed by atoms with van der Waals surface area (Å²) in [7, 11) is 1.42. The Bertz CT molecular complexity index is 390. The van der Waals surface area contributed by atoms with Gasteiger partial charge in [0.25, 0.3) is 0 Å². The monoisotopic (exact) mass is 224 g/mol. The Morgan fingerprint density at radius 1 is 1.31 bits per heavy atom. The lowest BCUT2D eigenvalue weighted by atomic mass is 10.1. The number of carbonyl (C=O) groups excluding carboxylic acids is 1. The lowest BCUT2D eigenvalue weighted by molar-refractivity contribution is 0.00692. The molecule has 0 saturated carbocycles. The molecule has 1 N–H and O–H groups in total. The van der Waals surface area contributed by atoms with Gasteiger partial charge in [-0.1, -0.05) is 0 Å². The maximum absolute atomic E-state index is 11.7. The number of rotatable bonds is 2. The van der Waals surface area contributed by atoms with Crippen LogP contribution in [0.2, 0.25) is 0 Å². The molecule has 0 amide bonds. The Kier molecular flexibility index (Phi) is 3.42. The van der Waals surface area contributed by atoms with E-state index in [9.17, 15) is 9.90 Å². The molecule has 0 bridgehead atoms. The van der Waals surface area contributed by atoms with Gasteiger partial charge in [0.2, 0.25) is 0 Å². The molecule has 0 aromatic heterocycles. The van der Waals surface area contributed by atoms with Gasteiger partial charge in [-0.25, -0.2) is 4.79 Å². The Morgan fingerprint density at radius 3 is 2.44 bits per heavy atom. The van der Waals surface area contributed by atoms with Crippen LogP contribution in [0.15, 0.2) is 18.2 Å². The fourth-order valence-electron chi connectivity index (χ4n) is 1.14. The number of carbonyl (C=O) groups is 1. The van der Waals surface area contributed by atoms with Crippen LogP contribution >= 0.6 is 0 Å². The zero-order valence-electron chi connectivity index (χ0n) is 9.90. The molecule has 0 aliphatic rings. The molecule has 4 heteroatoms. The van der Waals surface area contributed by atoms with Crippen molar-refractivity contribution in [3.63, 3.8) is 0 Å². The quantitative estimate of drug-likeness (QED) is 0.783. The number of hydrogen-bond acceptors (Lipinski definition) is 4. The fraction of sp³-hybridized carbons (Fsp3) is 0.417. The lowest BCUT2D eigenvalue weighted by Gasteiger charge is -2.19. The van der Waals surface area contributed by atoms with Crippen LogP contribution in [0, 0.1) is 0 Å². The van der Waals surface area contributed by atoms with Crippen LogP contribution in [0.3, 0.4) is 0 Å². The third kappa shape index (κ3) is 3.15. The zero-order chi connectivity index (χ0) is 12.3. The van der Waals surface area contributed by atoms with Gasteiger partial charge in [-0.15, -0.1) is 0 Å². The van der Waals surface area contributed by atoms with Gasteiger partial charge in [-0.3, -0.25) is 0 Å². The summed E-state index contributed by atoms with van der Waals surface area (Å²) in [6.07, 6.45) is 0. The van der Waals surface area contributed by atoms with E-state index in [1.165, 1.54) is 25.3 Å². The highest BCUT2D eigenvalue weighted by molar-refractivity contribution is 5.90. The van der Waals surface area contributed by atoms with Gasteiger partial charge in [0.15, 0.2) is 11.5 Å². The second-order valence-corrected chi connectivity index (χ2v) is 4.39. The number of aromatic hydroxyl groups is 1. The second-order valence-electron chi connectivity index (χ2n) is 4.39. The van der Waals surface area contributed by atoms with E-state index >= 15 is 0 Å². The summed E-state index contributed by atoms with van der Waals surface area (Å²) < 4.78 is 10.1. The highest BCUT2D eigenvalue weighted by atomic mass is 16.6. The van der Waals surface area contributed by atoms with E-state index in [4.69, 9.17) is 9.47 Å². The van der Waals surface area contributed by atoms with Crippen LogP contribution in [0.25, 0.3) is 0 Å². The molecule has 1 aromatic carbocycles. The number of phenols is 1. The number of phenolic OH excluding ortho intramolecular Hbond substituents is 1. The van der Waals surface area contributed by atoms with Crippen molar-refractivity contribution in [1.29, 1.82) is 0 Å². The predicted octanol–water partition coefficient (Wildman–Crippen LogP) is 2.36. The van der Waals surface area contributed by atoms with Crippen LogP contribution in [0.5, 0.6) is 11.5 Å². The molecule has 0 radical (unpaired) electrons. The Labute approximate surface area is 94.8 Å². The molecule has 0 heterocycles. The van der Waals surface area contributed by atoms with Crippen LogP contribution in [-0.2, 0) is 4.74 Å².